The Morgan fingerprint density at radius 1 is 1.12 bits per heavy atom. The van der Waals surface area contributed by atoms with E-state index in [9.17, 15) is 4.79 Å². The molecule has 0 saturated carbocycles. The number of halogens is 3. The average Bonchev–Trinajstić information content (AvgIpc) is 2.83. The van der Waals surface area contributed by atoms with Crippen molar-refractivity contribution in [2.45, 2.75) is 32.8 Å². The van der Waals surface area contributed by atoms with Crippen molar-refractivity contribution in [3.63, 3.8) is 0 Å². The molecule has 0 aliphatic rings. The molecule has 4 rings (SSSR count). The first kappa shape index (κ1) is 24.5. The van der Waals surface area contributed by atoms with Crippen molar-refractivity contribution in [2.75, 3.05) is 0 Å². The zero-order chi connectivity index (χ0) is 24.1. The van der Waals surface area contributed by atoms with Crippen LogP contribution < -0.4 is 10.3 Å². The van der Waals surface area contributed by atoms with Crippen LogP contribution in [0.1, 0.15) is 36.7 Å². The molecule has 34 heavy (non-hydrogen) atoms. The zero-order valence-corrected chi connectivity index (χ0v) is 21.6. The maximum absolute atomic E-state index is 13.3. The summed E-state index contributed by atoms with van der Waals surface area (Å²) in [5, 5.41) is 6.15. The molecule has 0 amide bonds. The number of para-hydroxylation sites is 1. The molecule has 0 bridgehead atoms. The van der Waals surface area contributed by atoms with Gasteiger partial charge in [-0.25, -0.2) is 4.98 Å². The van der Waals surface area contributed by atoms with Gasteiger partial charge in [-0.05, 0) is 48.9 Å². The molecule has 0 saturated heterocycles. The third-order valence-electron chi connectivity index (χ3n) is 5.26. The van der Waals surface area contributed by atoms with E-state index in [-0.39, 0.29) is 12.2 Å². The van der Waals surface area contributed by atoms with Gasteiger partial charge in [0, 0.05) is 32.1 Å². The van der Waals surface area contributed by atoms with Gasteiger partial charge in [0.1, 0.15) is 18.2 Å². The molecule has 0 aliphatic heterocycles. The van der Waals surface area contributed by atoms with Crippen molar-refractivity contribution in [1.29, 1.82) is 0 Å². The van der Waals surface area contributed by atoms with Crippen LogP contribution in [-0.2, 0) is 13.0 Å². The minimum Gasteiger partial charge on any atom is -0.488 e. The molecule has 1 heterocycles. The summed E-state index contributed by atoms with van der Waals surface area (Å²) in [6, 6.07) is 18.3. The Morgan fingerprint density at radius 3 is 2.74 bits per heavy atom. The van der Waals surface area contributed by atoms with Crippen LogP contribution in [0.5, 0.6) is 5.75 Å². The van der Waals surface area contributed by atoms with Gasteiger partial charge in [-0.15, -0.1) is 0 Å². The Labute approximate surface area is 216 Å². The summed E-state index contributed by atoms with van der Waals surface area (Å²) in [6.07, 6.45) is 4.18. The molecule has 0 aliphatic carbocycles. The number of aromatic nitrogens is 2. The number of rotatable bonds is 8. The van der Waals surface area contributed by atoms with E-state index >= 15 is 0 Å². The Bertz CT molecular complexity index is 1420. The summed E-state index contributed by atoms with van der Waals surface area (Å²) in [6.45, 7) is 2.37. The van der Waals surface area contributed by atoms with Crippen molar-refractivity contribution in [3.05, 3.63) is 102 Å². The first-order valence-electron chi connectivity index (χ1n) is 10.9. The van der Waals surface area contributed by atoms with E-state index in [1.54, 1.807) is 24.4 Å². The maximum atomic E-state index is 13.3. The molecule has 0 atom stereocenters. The number of aryl methyl sites for hydroxylation is 1. The quantitative estimate of drug-likeness (QED) is 0.214. The fraction of sp³-hybridized carbons (Fsp3) is 0.192. The van der Waals surface area contributed by atoms with Gasteiger partial charge in [-0.2, -0.15) is 9.78 Å². The Morgan fingerprint density at radius 2 is 1.94 bits per heavy atom. The number of hydrogen-bond acceptors (Lipinski definition) is 4. The van der Waals surface area contributed by atoms with E-state index in [2.05, 4.69) is 28.0 Å². The van der Waals surface area contributed by atoms with Crippen LogP contribution in [0.4, 0.5) is 0 Å². The largest absolute Gasteiger partial charge is 0.488 e. The zero-order valence-electron chi connectivity index (χ0n) is 18.5. The second-order valence-corrected chi connectivity index (χ2v) is 9.48. The lowest BCUT2D eigenvalue weighted by atomic mass is 10.2. The van der Waals surface area contributed by atoms with E-state index in [0.717, 1.165) is 28.4 Å². The van der Waals surface area contributed by atoms with E-state index < -0.39 is 0 Å². The van der Waals surface area contributed by atoms with Gasteiger partial charge in [0.25, 0.3) is 5.56 Å². The predicted molar refractivity (Wildman–Crippen MR) is 143 cm³/mol. The van der Waals surface area contributed by atoms with Crippen molar-refractivity contribution in [3.8, 4) is 5.75 Å². The maximum Gasteiger partial charge on any atom is 0.282 e. The van der Waals surface area contributed by atoms with Crippen LogP contribution in [0.15, 0.2) is 75.0 Å². The highest BCUT2D eigenvalue weighted by molar-refractivity contribution is 9.10. The molecule has 4 aromatic rings. The fourth-order valence-corrected chi connectivity index (χ4v) is 4.27. The van der Waals surface area contributed by atoms with Crippen LogP contribution >= 0.6 is 39.1 Å². The monoisotopic (exact) mass is 557 g/mol. The van der Waals surface area contributed by atoms with Crippen molar-refractivity contribution in [2.24, 2.45) is 5.10 Å². The first-order chi connectivity index (χ1) is 16.5. The second-order valence-electron chi connectivity index (χ2n) is 7.72. The van der Waals surface area contributed by atoms with Gasteiger partial charge < -0.3 is 4.74 Å². The molecule has 1 aromatic heterocycles. The smallest absolute Gasteiger partial charge is 0.282 e. The van der Waals surface area contributed by atoms with E-state index in [4.69, 9.17) is 32.9 Å². The topological polar surface area (TPSA) is 56.5 Å². The van der Waals surface area contributed by atoms with E-state index in [1.807, 2.05) is 42.5 Å². The lowest BCUT2D eigenvalue weighted by molar-refractivity contribution is 0.306. The minimum atomic E-state index is -0.208. The van der Waals surface area contributed by atoms with Gasteiger partial charge in [0.2, 0.25) is 0 Å². The van der Waals surface area contributed by atoms with Crippen LogP contribution in [0.25, 0.3) is 10.9 Å². The lowest BCUT2D eigenvalue weighted by Gasteiger charge is -2.11. The Hall–Kier alpha value is -2.67. The summed E-state index contributed by atoms with van der Waals surface area (Å²) in [5.41, 5.74) is 2.00. The van der Waals surface area contributed by atoms with Crippen molar-refractivity contribution < 1.29 is 4.74 Å². The molecule has 3 aromatic carbocycles. The molecule has 0 N–H and O–H groups in total. The number of nitrogens with zero attached hydrogens (tertiary/aromatic N) is 3. The van der Waals surface area contributed by atoms with E-state index in [1.165, 1.54) is 4.68 Å². The van der Waals surface area contributed by atoms with Gasteiger partial charge in [0.15, 0.2) is 0 Å². The molecule has 0 radical (unpaired) electrons. The standard InChI is InChI=1S/C26H22BrCl2N3O2/c1-2-3-8-25-31-23-12-10-19(27)13-21(23)26(33)32(25)30-15-17-6-4-5-7-24(17)34-16-18-9-11-20(28)14-22(18)29/h4-7,9-15H,2-3,8,16H2,1H3. The Balaban J connectivity index is 1.67. The highest BCUT2D eigenvalue weighted by Gasteiger charge is 2.11. The fourth-order valence-electron chi connectivity index (χ4n) is 3.44. The lowest BCUT2D eigenvalue weighted by Crippen LogP contribution is -2.22. The predicted octanol–water partition coefficient (Wildman–Crippen LogP) is 7.27. The average molecular weight is 559 g/mol. The molecular weight excluding hydrogens is 537 g/mol. The summed E-state index contributed by atoms with van der Waals surface area (Å²) in [7, 11) is 0. The van der Waals surface area contributed by atoms with Gasteiger partial charge in [0.05, 0.1) is 17.1 Å². The molecule has 174 valence electrons. The van der Waals surface area contributed by atoms with Gasteiger partial charge >= 0.3 is 0 Å². The van der Waals surface area contributed by atoms with E-state index in [0.29, 0.717) is 38.9 Å². The second kappa shape index (κ2) is 11.2. The normalized spacial score (nSPS) is 11.4. The van der Waals surface area contributed by atoms with Crippen LogP contribution in [0.2, 0.25) is 10.0 Å². The number of unbranched alkanes of at least 4 members (excludes halogenated alkanes) is 1. The summed E-state index contributed by atoms with van der Waals surface area (Å²) in [5.74, 6) is 1.25. The molecule has 0 fully saturated rings. The van der Waals surface area contributed by atoms with Crippen LogP contribution in [0.3, 0.4) is 0 Å². The third kappa shape index (κ3) is 5.69. The number of hydrogen-bond donors (Lipinski definition) is 0. The molecule has 0 spiro atoms. The summed E-state index contributed by atoms with van der Waals surface area (Å²) >= 11 is 15.7. The summed E-state index contributed by atoms with van der Waals surface area (Å²) in [4.78, 5) is 18.0. The van der Waals surface area contributed by atoms with Crippen molar-refractivity contribution >= 4 is 56.2 Å². The first-order valence-corrected chi connectivity index (χ1v) is 12.4. The SMILES string of the molecule is CCCCc1nc2ccc(Br)cc2c(=O)n1N=Cc1ccccc1OCc1ccc(Cl)cc1Cl. The minimum absolute atomic E-state index is 0.208. The summed E-state index contributed by atoms with van der Waals surface area (Å²) < 4.78 is 8.22. The molecule has 0 unspecified atom stereocenters. The molecule has 8 heteroatoms. The van der Waals surface area contributed by atoms with Crippen molar-refractivity contribution in [1.82, 2.24) is 9.66 Å². The molecule has 5 nitrogen and oxygen atoms in total. The highest BCUT2D eigenvalue weighted by atomic mass is 79.9. The molecular formula is C26H22BrCl2N3O2. The van der Waals surface area contributed by atoms with Gasteiger partial charge in [-0.3, -0.25) is 4.79 Å². The number of fused-ring (bicyclic) bond motifs is 1. The van der Waals surface area contributed by atoms with Gasteiger partial charge in [-0.1, -0.05) is 70.7 Å². The highest BCUT2D eigenvalue weighted by Crippen LogP contribution is 2.24. The van der Waals surface area contributed by atoms with Crippen LogP contribution in [0, 0.1) is 0 Å². The van der Waals surface area contributed by atoms with Crippen LogP contribution in [-0.4, -0.2) is 15.9 Å². The number of benzene rings is 3. The Kier molecular flexibility index (Phi) is 8.03. The number of ether oxygens (including phenoxy) is 1. The third-order valence-corrected chi connectivity index (χ3v) is 6.34.